The standard InChI is InChI=1S/C14H23N3O2/c1-3-7-17-13(11(19-2)10-15-17)14(18)6-9-16-8-4-5-12(14)16/h10,12,18H,3-9H2,1-2H3. The highest BCUT2D eigenvalue weighted by molar-refractivity contribution is 5.34. The molecule has 0 aromatic carbocycles. The van der Waals surface area contributed by atoms with Crippen LogP contribution in [0.1, 0.15) is 38.3 Å². The van der Waals surface area contributed by atoms with Crippen molar-refractivity contribution < 1.29 is 9.84 Å². The lowest BCUT2D eigenvalue weighted by Gasteiger charge is -2.31. The molecular weight excluding hydrogens is 242 g/mol. The predicted octanol–water partition coefficient (Wildman–Crippen LogP) is 1.36. The Hall–Kier alpha value is -1.07. The highest BCUT2D eigenvalue weighted by atomic mass is 16.5. The SMILES string of the molecule is CCCn1ncc(OC)c1C1(O)CCN2CCCC21. The first-order valence-electron chi connectivity index (χ1n) is 7.27. The molecule has 2 saturated heterocycles. The highest BCUT2D eigenvalue weighted by Crippen LogP contribution is 2.45. The number of fused-ring (bicyclic) bond motifs is 1. The first kappa shape index (κ1) is 12.9. The third kappa shape index (κ3) is 1.87. The minimum Gasteiger partial charge on any atom is -0.493 e. The highest BCUT2D eigenvalue weighted by Gasteiger charge is 2.52. The second-order valence-electron chi connectivity index (χ2n) is 5.65. The van der Waals surface area contributed by atoms with E-state index in [1.165, 1.54) is 6.42 Å². The number of aryl methyl sites for hydroxylation is 1. The molecule has 2 unspecified atom stereocenters. The molecule has 5 nitrogen and oxygen atoms in total. The van der Waals surface area contributed by atoms with Crippen LogP contribution in [0.4, 0.5) is 0 Å². The van der Waals surface area contributed by atoms with Crippen molar-refractivity contribution in [1.29, 1.82) is 0 Å². The van der Waals surface area contributed by atoms with E-state index in [-0.39, 0.29) is 6.04 Å². The van der Waals surface area contributed by atoms with Crippen molar-refractivity contribution in [2.75, 3.05) is 20.2 Å². The van der Waals surface area contributed by atoms with Gasteiger partial charge in [0.25, 0.3) is 0 Å². The zero-order valence-corrected chi connectivity index (χ0v) is 11.8. The van der Waals surface area contributed by atoms with Crippen LogP contribution >= 0.6 is 0 Å². The topological polar surface area (TPSA) is 50.5 Å². The van der Waals surface area contributed by atoms with Gasteiger partial charge in [-0.15, -0.1) is 0 Å². The third-order valence-electron chi connectivity index (χ3n) is 4.57. The van der Waals surface area contributed by atoms with E-state index >= 15 is 0 Å². The number of nitrogens with zero attached hydrogens (tertiary/aromatic N) is 3. The summed E-state index contributed by atoms with van der Waals surface area (Å²) in [6, 6.07) is 0.230. The van der Waals surface area contributed by atoms with E-state index < -0.39 is 5.60 Å². The van der Waals surface area contributed by atoms with Crippen LogP contribution in [0.5, 0.6) is 5.75 Å². The maximum atomic E-state index is 11.3. The summed E-state index contributed by atoms with van der Waals surface area (Å²) in [5.74, 6) is 0.727. The largest absolute Gasteiger partial charge is 0.493 e. The van der Waals surface area contributed by atoms with Gasteiger partial charge in [0.15, 0.2) is 5.75 Å². The van der Waals surface area contributed by atoms with Crippen LogP contribution in [0.3, 0.4) is 0 Å². The molecule has 2 aliphatic heterocycles. The van der Waals surface area contributed by atoms with Gasteiger partial charge in [-0.1, -0.05) is 6.92 Å². The van der Waals surface area contributed by atoms with Crippen molar-refractivity contribution >= 4 is 0 Å². The lowest BCUT2D eigenvalue weighted by molar-refractivity contribution is -0.000937. The molecule has 0 amide bonds. The number of hydrogen-bond acceptors (Lipinski definition) is 4. The average Bonchev–Trinajstić information content (AvgIpc) is 3.07. The van der Waals surface area contributed by atoms with Gasteiger partial charge in [-0.2, -0.15) is 5.10 Å². The molecule has 0 radical (unpaired) electrons. The summed E-state index contributed by atoms with van der Waals surface area (Å²) in [4.78, 5) is 2.41. The zero-order valence-electron chi connectivity index (χ0n) is 11.8. The molecule has 1 aromatic rings. The molecule has 19 heavy (non-hydrogen) atoms. The van der Waals surface area contributed by atoms with E-state index in [1.54, 1.807) is 13.3 Å². The van der Waals surface area contributed by atoms with Crippen LogP contribution in [-0.2, 0) is 12.1 Å². The van der Waals surface area contributed by atoms with Gasteiger partial charge in [-0.25, -0.2) is 0 Å². The molecule has 5 heteroatoms. The lowest BCUT2D eigenvalue weighted by Crippen LogP contribution is -2.40. The maximum absolute atomic E-state index is 11.3. The first-order chi connectivity index (χ1) is 9.20. The van der Waals surface area contributed by atoms with Gasteiger partial charge >= 0.3 is 0 Å². The zero-order chi connectivity index (χ0) is 13.5. The summed E-state index contributed by atoms with van der Waals surface area (Å²) in [6.07, 6.45) is 5.76. The van der Waals surface area contributed by atoms with Crippen molar-refractivity contribution in [2.45, 2.75) is 50.8 Å². The Morgan fingerprint density at radius 2 is 2.37 bits per heavy atom. The van der Waals surface area contributed by atoms with Gasteiger partial charge in [0.1, 0.15) is 11.3 Å². The Morgan fingerprint density at radius 3 is 3.11 bits per heavy atom. The van der Waals surface area contributed by atoms with Crippen molar-refractivity contribution in [3.8, 4) is 5.75 Å². The lowest BCUT2D eigenvalue weighted by atomic mass is 9.88. The number of rotatable bonds is 4. The molecule has 2 aliphatic rings. The van der Waals surface area contributed by atoms with Gasteiger partial charge in [0, 0.05) is 19.1 Å². The number of ether oxygens (including phenoxy) is 1. The maximum Gasteiger partial charge on any atom is 0.163 e. The summed E-state index contributed by atoms with van der Waals surface area (Å²) in [6.45, 7) is 5.03. The monoisotopic (exact) mass is 265 g/mol. The molecular formula is C14H23N3O2. The van der Waals surface area contributed by atoms with E-state index in [2.05, 4.69) is 16.9 Å². The number of hydrogen-bond donors (Lipinski definition) is 1. The number of aliphatic hydroxyl groups is 1. The van der Waals surface area contributed by atoms with Crippen molar-refractivity contribution in [2.24, 2.45) is 0 Å². The molecule has 106 valence electrons. The van der Waals surface area contributed by atoms with E-state index in [9.17, 15) is 5.11 Å². The Labute approximate surface area is 114 Å². The third-order valence-corrected chi connectivity index (χ3v) is 4.57. The summed E-state index contributed by atoms with van der Waals surface area (Å²) >= 11 is 0. The van der Waals surface area contributed by atoms with E-state index in [1.807, 2.05) is 4.68 Å². The Bertz CT molecular complexity index is 460. The minimum atomic E-state index is -0.798. The number of aromatic nitrogens is 2. The second-order valence-corrected chi connectivity index (χ2v) is 5.65. The van der Waals surface area contributed by atoms with Crippen LogP contribution in [0.15, 0.2) is 6.20 Å². The molecule has 3 rings (SSSR count). The van der Waals surface area contributed by atoms with E-state index in [0.29, 0.717) is 0 Å². The Morgan fingerprint density at radius 1 is 1.53 bits per heavy atom. The van der Waals surface area contributed by atoms with Gasteiger partial charge in [0.05, 0.1) is 13.3 Å². The van der Waals surface area contributed by atoms with E-state index in [4.69, 9.17) is 4.74 Å². The molecule has 0 saturated carbocycles. The minimum absolute atomic E-state index is 0.230. The van der Waals surface area contributed by atoms with E-state index in [0.717, 1.165) is 50.3 Å². The van der Waals surface area contributed by atoms with Gasteiger partial charge in [-0.3, -0.25) is 9.58 Å². The second kappa shape index (κ2) is 4.80. The summed E-state index contributed by atoms with van der Waals surface area (Å²) < 4.78 is 7.37. The first-order valence-corrected chi connectivity index (χ1v) is 7.27. The van der Waals surface area contributed by atoms with Crippen molar-refractivity contribution in [3.05, 3.63) is 11.9 Å². The fraction of sp³-hybridized carbons (Fsp3) is 0.786. The number of methoxy groups -OCH3 is 1. The van der Waals surface area contributed by atoms with Crippen molar-refractivity contribution in [3.63, 3.8) is 0 Å². The van der Waals surface area contributed by atoms with Gasteiger partial charge < -0.3 is 9.84 Å². The van der Waals surface area contributed by atoms with Gasteiger partial charge in [0.2, 0.25) is 0 Å². The molecule has 2 fully saturated rings. The summed E-state index contributed by atoms with van der Waals surface area (Å²) in [5.41, 5.74) is 0.0827. The molecule has 3 heterocycles. The fourth-order valence-electron chi connectivity index (χ4n) is 3.73. The fourth-order valence-corrected chi connectivity index (χ4v) is 3.73. The molecule has 0 aliphatic carbocycles. The molecule has 1 N–H and O–H groups in total. The molecule has 0 bridgehead atoms. The normalized spacial score (nSPS) is 30.8. The van der Waals surface area contributed by atoms with Crippen molar-refractivity contribution in [1.82, 2.24) is 14.7 Å². The predicted molar refractivity (Wildman–Crippen MR) is 72.2 cm³/mol. The van der Waals surface area contributed by atoms with Crippen LogP contribution in [0, 0.1) is 0 Å². The molecule has 1 aromatic heterocycles. The average molecular weight is 265 g/mol. The van der Waals surface area contributed by atoms with Crippen LogP contribution < -0.4 is 4.74 Å². The van der Waals surface area contributed by atoms with Gasteiger partial charge in [-0.05, 0) is 32.2 Å². The van der Waals surface area contributed by atoms with Crippen LogP contribution in [0.2, 0.25) is 0 Å². The van der Waals surface area contributed by atoms with Crippen LogP contribution in [0.25, 0.3) is 0 Å². The Kier molecular flexibility index (Phi) is 3.27. The quantitative estimate of drug-likeness (QED) is 0.893. The smallest absolute Gasteiger partial charge is 0.163 e. The molecule has 2 atom stereocenters. The summed E-state index contributed by atoms with van der Waals surface area (Å²) in [5, 5.41) is 15.7. The van der Waals surface area contributed by atoms with Crippen LogP contribution in [-0.4, -0.2) is 46.0 Å². The summed E-state index contributed by atoms with van der Waals surface area (Å²) in [7, 11) is 1.65. The Balaban J connectivity index is 2.02. The molecule has 0 spiro atoms.